The fourth-order valence-electron chi connectivity index (χ4n) is 2.80. The second-order valence-electron chi connectivity index (χ2n) is 5.73. The monoisotopic (exact) mass is 359 g/mol. The Morgan fingerprint density at radius 3 is 2.88 bits per heavy atom. The average Bonchev–Trinajstić information content (AvgIpc) is 3.08. The summed E-state index contributed by atoms with van der Waals surface area (Å²) < 4.78 is 12.9. The van der Waals surface area contributed by atoms with E-state index in [2.05, 4.69) is 19.9 Å². The van der Waals surface area contributed by atoms with E-state index in [1.165, 1.54) is 0 Å². The maximum Gasteiger partial charge on any atom is 0.318 e. The van der Waals surface area contributed by atoms with Crippen molar-refractivity contribution in [3.05, 3.63) is 41.8 Å². The van der Waals surface area contributed by atoms with Gasteiger partial charge in [0.05, 0.1) is 30.4 Å². The van der Waals surface area contributed by atoms with E-state index >= 15 is 0 Å². The summed E-state index contributed by atoms with van der Waals surface area (Å²) in [6.07, 6.45) is 3.26. The van der Waals surface area contributed by atoms with Gasteiger partial charge in [0.2, 0.25) is 0 Å². The summed E-state index contributed by atoms with van der Waals surface area (Å²) >= 11 is 6.29. The molecule has 8 heteroatoms. The lowest BCUT2D eigenvalue weighted by molar-refractivity contribution is 0.0317. The molecule has 0 N–H and O–H groups in total. The molecule has 4 rings (SSSR count). The highest BCUT2D eigenvalue weighted by molar-refractivity contribution is 6.32. The van der Waals surface area contributed by atoms with Gasteiger partial charge in [-0.3, -0.25) is 9.47 Å². The molecule has 1 saturated heterocycles. The molecule has 3 heterocycles. The van der Waals surface area contributed by atoms with Crippen molar-refractivity contribution in [2.24, 2.45) is 0 Å². The molecule has 130 valence electrons. The van der Waals surface area contributed by atoms with Crippen molar-refractivity contribution in [3.63, 3.8) is 0 Å². The van der Waals surface area contributed by atoms with Gasteiger partial charge in [0.15, 0.2) is 5.82 Å². The van der Waals surface area contributed by atoms with Crippen molar-refractivity contribution in [3.8, 4) is 11.8 Å². The molecule has 7 nitrogen and oxygen atoms in total. The Labute approximate surface area is 150 Å². The molecule has 0 atom stereocenters. The van der Waals surface area contributed by atoms with E-state index in [9.17, 15) is 0 Å². The molecule has 0 spiro atoms. The number of rotatable bonds is 5. The van der Waals surface area contributed by atoms with Crippen molar-refractivity contribution in [1.29, 1.82) is 0 Å². The first-order valence-corrected chi connectivity index (χ1v) is 8.57. The summed E-state index contributed by atoms with van der Waals surface area (Å²) in [5.41, 5.74) is 1.81. The number of imidazole rings is 1. The van der Waals surface area contributed by atoms with Crippen LogP contribution in [-0.4, -0.2) is 63.9 Å². The van der Waals surface area contributed by atoms with Crippen LogP contribution in [0.3, 0.4) is 0 Å². The van der Waals surface area contributed by atoms with Crippen molar-refractivity contribution in [2.75, 3.05) is 39.5 Å². The molecule has 0 unspecified atom stereocenters. The van der Waals surface area contributed by atoms with Gasteiger partial charge in [0.1, 0.15) is 18.0 Å². The number of morpholine rings is 1. The number of fused-ring (bicyclic) bond motifs is 1. The van der Waals surface area contributed by atoms with Gasteiger partial charge in [-0.15, -0.1) is 0 Å². The standard InChI is InChI=1S/C17H18ClN5O2/c18-13-11-19-17(25-10-7-22-5-8-24-9-6-22)21-16(13)23-12-20-14-3-1-2-4-15(14)23/h1-4,11-12H,5-10H2. The Morgan fingerprint density at radius 1 is 1.16 bits per heavy atom. The summed E-state index contributed by atoms with van der Waals surface area (Å²) in [6.45, 7) is 4.74. The summed E-state index contributed by atoms with van der Waals surface area (Å²) in [6, 6.07) is 8.13. The molecule has 0 amide bonds. The minimum absolute atomic E-state index is 0.311. The Balaban J connectivity index is 1.50. The smallest absolute Gasteiger partial charge is 0.318 e. The lowest BCUT2D eigenvalue weighted by Gasteiger charge is -2.26. The van der Waals surface area contributed by atoms with Crippen molar-refractivity contribution >= 4 is 22.6 Å². The minimum Gasteiger partial charge on any atom is -0.462 e. The predicted octanol–water partition coefficient (Wildman–Crippen LogP) is 2.18. The third kappa shape index (κ3) is 3.58. The highest BCUT2D eigenvalue weighted by atomic mass is 35.5. The van der Waals surface area contributed by atoms with Gasteiger partial charge in [-0.25, -0.2) is 9.97 Å². The first kappa shape index (κ1) is 16.3. The van der Waals surface area contributed by atoms with E-state index in [0.29, 0.717) is 23.5 Å². The molecule has 1 aliphatic rings. The van der Waals surface area contributed by atoms with Crippen LogP contribution in [0.1, 0.15) is 0 Å². The molecular formula is C17H18ClN5O2. The lowest BCUT2D eigenvalue weighted by atomic mass is 10.3. The zero-order valence-electron chi connectivity index (χ0n) is 13.6. The van der Waals surface area contributed by atoms with Crippen LogP contribution in [0.15, 0.2) is 36.8 Å². The number of hydrogen-bond acceptors (Lipinski definition) is 6. The number of nitrogens with zero attached hydrogens (tertiary/aromatic N) is 5. The van der Waals surface area contributed by atoms with Crippen LogP contribution in [0.5, 0.6) is 6.01 Å². The number of ether oxygens (including phenoxy) is 2. The van der Waals surface area contributed by atoms with Crippen LogP contribution >= 0.6 is 11.6 Å². The summed E-state index contributed by atoms with van der Waals surface area (Å²) in [5.74, 6) is 0.562. The zero-order chi connectivity index (χ0) is 17.1. The molecule has 1 fully saturated rings. The molecule has 2 aromatic heterocycles. The fraction of sp³-hybridized carbons (Fsp3) is 0.353. The minimum atomic E-state index is 0.311. The lowest BCUT2D eigenvalue weighted by Crippen LogP contribution is -2.38. The summed E-state index contributed by atoms with van der Waals surface area (Å²) in [7, 11) is 0. The van der Waals surface area contributed by atoms with Gasteiger partial charge >= 0.3 is 6.01 Å². The molecule has 0 saturated carbocycles. The number of halogens is 1. The van der Waals surface area contributed by atoms with Crippen LogP contribution < -0.4 is 4.74 Å². The highest BCUT2D eigenvalue weighted by Gasteiger charge is 2.13. The van der Waals surface area contributed by atoms with Crippen molar-refractivity contribution < 1.29 is 9.47 Å². The van der Waals surface area contributed by atoms with Crippen molar-refractivity contribution in [1.82, 2.24) is 24.4 Å². The van der Waals surface area contributed by atoms with Crippen LogP contribution in [-0.2, 0) is 4.74 Å². The second kappa shape index (κ2) is 7.35. The molecule has 0 aliphatic carbocycles. The van der Waals surface area contributed by atoms with Crippen LogP contribution in [0.25, 0.3) is 16.9 Å². The van der Waals surface area contributed by atoms with Gasteiger partial charge in [-0.05, 0) is 12.1 Å². The second-order valence-corrected chi connectivity index (χ2v) is 6.14. The van der Waals surface area contributed by atoms with Gasteiger partial charge in [0, 0.05) is 19.6 Å². The van der Waals surface area contributed by atoms with E-state index < -0.39 is 0 Å². The van der Waals surface area contributed by atoms with E-state index in [1.54, 1.807) is 12.5 Å². The van der Waals surface area contributed by atoms with Crippen molar-refractivity contribution in [2.45, 2.75) is 0 Å². The number of hydrogen-bond donors (Lipinski definition) is 0. The van der Waals surface area contributed by atoms with E-state index in [1.807, 2.05) is 28.8 Å². The normalized spacial score (nSPS) is 15.6. The summed E-state index contributed by atoms with van der Waals surface area (Å²) in [5, 5.41) is 0.448. The predicted molar refractivity (Wildman–Crippen MR) is 94.4 cm³/mol. The summed E-state index contributed by atoms with van der Waals surface area (Å²) in [4.78, 5) is 15.3. The van der Waals surface area contributed by atoms with Crippen LogP contribution in [0.4, 0.5) is 0 Å². The molecule has 0 bridgehead atoms. The molecule has 0 radical (unpaired) electrons. The quantitative estimate of drug-likeness (QED) is 0.695. The van der Waals surface area contributed by atoms with Gasteiger partial charge < -0.3 is 9.47 Å². The SMILES string of the molecule is Clc1cnc(OCCN2CCOCC2)nc1-n1cnc2ccccc21. The Morgan fingerprint density at radius 2 is 2.00 bits per heavy atom. The zero-order valence-corrected chi connectivity index (χ0v) is 14.4. The van der Waals surface area contributed by atoms with E-state index in [0.717, 1.165) is 43.9 Å². The first-order chi connectivity index (χ1) is 12.3. The number of para-hydroxylation sites is 2. The molecule has 25 heavy (non-hydrogen) atoms. The van der Waals surface area contributed by atoms with Crippen LogP contribution in [0, 0.1) is 0 Å². The Hall–Kier alpha value is -2.22. The van der Waals surface area contributed by atoms with Gasteiger partial charge in [-0.2, -0.15) is 4.98 Å². The molecule has 1 aromatic carbocycles. The Kier molecular flexibility index (Phi) is 4.78. The topological polar surface area (TPSA) is 65.3 Å². The third-order valence-corrected chi connectivity index (χ3v) is 4.39. The average molecular weight is 360 g/mol. The molecular weight excluding hydrogens is 342 g/mol. The van der Waals surface area contributed by atoms with Gasteiger partial charge in [0.25, 0.3) is 0 Å². The maximum atomic E-state index is 6.29. The number of aromatic nitrogens is 4. The first-order valence-electron chi connectivity index (χ1n) is 8.19. The maximum absolute atomic E-state index is 6.29. The molecule has 3 aromatic rings. The largest absolute Gasteiger partial charge is 0.462 e. The van der Waals surface area contributed by atoms with E-state index in [-0.39, 0.29) is 0 Å². The van der Waals surface area contributed by atoms with E-state index in [4.69, 9.17) is 21.1 Å². The fourth-order valence-corrected chi connectivity index (χ4v) is 2.98. The number of benzene rings is 1. The third-order valence-electron chi connectivity index (χ3n) is 4.13. The molecule has 1 aliphatic heterocycles. The Bertz CT molecular complexity index is 863. The highest BCUT2D eigenvalue weighted by Crippen LogP contribution is 2.23. The van der Waals surface area contributed by atoms with Gasteiger partial charge in [-0.1, -0.05) is 23.7 Å². The van der Waals surface area contributed by atoms with Crippen LogP contribution in [0.2, 0.25) is 5.02 Å².